The first-order valence-corrected chi connectivity index (χ1v) is 16.4. The van der Waals surface area contributed by atoms with Crippen molar-refractivity contribution in [1.29, 1.82) is 0 Å². The maximum Gasteiger partial charge on any atom is 0.271 e. The molecule has 7 rings (SSSR count). The number of benzene rings is 4. The molecule has 0 fully saturated rings. The molecule has 234 valence electrons. The Labute approximate surface area is 284 Å². The summed E-state index contributed by atoms with van der Waals surface area (Å²) in [7, 11) is 1.59. The van der Waals surface area contributed by atoms with Gasteiger partial charge in [0, 0.05) is 34.9 Å². The van der Waals surface area contributed by atoms with Crippen LogP contribution in [0.1, 0.15) is 29.7 Å². The Morgan fingerprint density at radius 1 is 0.979 bits per heavy atom. The van der Waals surface area contributed by atoms with E-state index in [1.807, 2.05) is 97.2 Å². The number of halogens is 2. The number of hydrogen-bond acceptors (Lipinski definition) is 5. The Bertz CT molecular complexity index is 2390. The molecule has 4 aromatic carbocycles. The lowest BCUT2D eigenvalue weighted by Gasteiger charge is -2.25. The Morgan fingerprint density at radius 3 is 2.55 bits per heavy atom. The number of carbonyl (C=O) groups excluding carboxylic acids is 1. The van der Waals surface area contributed by atoms with Crippen LogP contribution in [0.5, 0.6) is 5.75 Å². The van der Waals surface area contributed by atoms with Crippen LogP contribution < -0.4 is 24.9 Å². The number of aromatic nitrogens is 2. The first kappa shape index (κ1) is 30.7. The molecule has 7 nitrogen and oxygen atoms in total. The SMILES string of the molecule is COc1cccc([C@@H]2C(C(=O)Nc3ccccc3)=C(C)N=c3s/c(=C\c4cn(Cc5ccc(Cl)c(Cl)c5)c5ccccc45)c(=O)n32)c1. The van der Waals surface area contributed by atoms with Crippen molar-refractivity contribution in [3.63, 3.8) is 0 Å². The van der Waals surface area contributed by atoms with Gasteiger partial charge in [0.15, 0.2) is 4.80 Å². The van der Waals surface area contributed by atoms with Gasteiger partial charge in [-0.1, -0.05) is 89.1 Å². The van der Waals surface area contributed by atoms with Crippen LogP contribution in [0.4, 0.5) is 5.69 Å². The number of anilines is 1. The number of para-hydroxylation sites is 2. The van der Waals surface area contributed by atoms with E-state index in [1.54, 1.807) is 24.7 Å². The highest BCUT2D eigenvalue weighted by molar-refractivity contribution is 7.07. The lowest BCUT2D eigenvalue weighted by molar-refractivity contribution is -0.113. The fourth-order valence-electron chi connectivity index (χ4n) is 5.96. The van der Waals surface area contributed by atoms with Crippen molar-refractivity contribution >= 4 is 63.1 Å². The third-order valence-corrected chi connectivity index (χ3v) is 9.87. The number of allylic oxidation sites excluding steroid dienone is 1. The number of rotatable bonds is 7. The van der Waals surface area contributed by atoms with Crippen LogP contribution in [0.2, 0.25) is 10.0 Å². The van der Waals surface area contributed by atoms with Crippen molar-refractivity contribution in [3.05, 3.63) is 161 Å². The molecular weight excluding hydrogens is 651 g/mol. The van der Waals surface area contributed by atoms with Crippen LogP contribution in [0.3, 0.4) is 0 Å². The number of hydrogen-bond donors (Lipinski definition) is 1. The van der Waals surface area contributed by atoms with E-state index in [0.29, 0.717) is 48.6 Å². The molecule has 2 aromatic heterocycles. The number of nitrogens with one attached hydrogen (secondary N) is 1. The topological polar surface area (TPSA) is 77.6 Å². The van der Waals surface area contributed by atoms with E-state index in [4.69, 9.17) is 32.9 Å². The number of fused-ring (bicyclic) bond motifs is 2. The van der Waals surface area contributed by atoms with Crippen molar-refractivity contribution < 1.29 is 9.53 Å². The summed E-state index contributed by atoms with van der Waals surface area (Å²) in [5.41, 5.74) is 4.99. The molecule has 0 unspecified atom stereocenters. The summed E-state index contributed by atoms with van der Waals surface area (Å²) in [4.78, 5) is 33.5. The second kappa shape index (κ2) is 12.7. The van der Waals surface area contributed by atoms with Gasteiger partial charge in [-0.15, -0.1) is 0 Å². The molecule has 1 atom stereocenters. The number of ether oxygens (including phenoxy) is 1. The maximum absolute atomic E-state index is 14.4. The van der Waals surface area contributed by atoms with E-state index in [9.17, 15) is 9.59 Å². The van der Waals surface area contributed by atoms with Crippen LogP contribution in [0.15, 0.2) is 124 Å². The number of methoxy groups -OCH3 is 1. The fraction of sp³-hybridized carbons (Fsp3) is 0.108. The Kier molecular flexibility index (Phi) is 8.32. The van der Waals surface area contributed by atoms with Gasteiger partial charge in [0.25, 0.3) is 11.5 Å². The Hall–Kier alpha value is -4.89. The van der Waals surface area contributed by atoms with Gasteiger partial charge in [-0.2, -0.15) is 0 Å². The van der Waals surface area contributed by atoms with E-state index >= 15 is 0 Å². The summed E-state index contributed by atoms with van der Waals surface area (Å²) in [6, 6.07) is 29.6. The smallest absolute Gasteiger partial charge is 0.271 e. The summed E-state index contributed by atoms with van der Waals surface area (Å²) >= 11 is 13.8. The molecule has 0 saturated heterocycles. The highest BCUT2D eigenvalue weighted by Crippen LogP contribution is 2.33. The van der Waals surface area contributed by atoms with Gasteiger partial charge in [0.2, 0.25) is 0 Å². The zero-order chi connectivity index (χ0) is 32.7. The number of carbonyl (C=O) groups is 1. The van der Waals surface area contributed by atoms with Crippen molar-refractivity contribution in [2.24, 2.45) is 4.99 Å². The molecule has 6 aromatic rings. The van der Waals surface area contributed by atoms with Crippen molar-refractivity contribution in [1.82, 2.24) is 9.13 Å². The van der Waals surface area contributed by atoms with Crippen LogP contribution >= 0.6 is 34.5 Å². The quantitative estimate of drug-likeness (QED) is 0.194. The zero-order valence-electron chi connectivity index (χ0n) is 25.4. The van der Waals surface area contributed by atoms with E-state index in [1.165, 1.54) is 11.3 Å². The normalized spacial score (nSPS) is 14.6. The van der Waals surface area contributed by atoms with Gasteiger partial charge in [-0.05, 0) is 66.6 Å². The lowest BCUT2D eigenvalue weighted by Crippen LogP contribution is -2.40. The van der Waals surface area contributed by atoms with E-state index in [-0.39, 0.29) is 11.5 Å². The van der Waals surface area contributed by atoms with E-state index in [2.05, 4.69) is 16.0 Å². The second-order valence-corrected chi connectivity index (χ2v) is 13.0. The Morgan fingerprint density at radius 2 is 1.77 bits per heavy atom. The van der Waals surface area contributed by atoms with Gasteiger partial charge in [-0.3, -0.25) is 14.2 Å². The highest BCUT2D eigenvalue weighted by atomic mass is 35.5. The Balaban J connectivity index is 1.36. The predicted octanol–water partition coefficient (Wildman–Crippen LogP) is 7.19. The van der Waals surface area contributed by atoms with Crippen molar-refractivity contribution in [2.45, 2.75) is 19.5 Å². The first-order valence-electron chi connectivity index (χ1n) is 14.9. The third-order valence-electron chi connectivity index (χ3n) is 8.15. The second-order valence-electron chi connectivity index (χ2n) is 11.2. The minimum Gasteiger partial charge on any atom is -0.497 e. The molecule has 1 amide bonds. The van der Waals surface area contributed by atoms with Crippen molar-refractivity contribution in [3.8, 4) is 5.75 Å². The van der Waals surface area contributed by atoms with Gasteiger partial charge < -0.3 is 14.6 Å². The summed E-state index contributed by atoms with van der Waals surface area (Å²) in [6.07, 6.45) is 3.94. The first-order chi connectivity index (χ1) is 22.8. The molecule has 3 heterocycles. The number of amides is 1. The summed E-state index contributed by atoms with van der Waals surface area (Å²) in [5.74, 6) is 0.293. The monoisotopic (exact) mass is 678 g/mol. The summed E-state index contributed by atoms with van der Waals surface area (Å²) in [6.45, 7) is 2.38. The third kappa shape index (κ3) is 5.91. The summed E-state index contributed by atoms with van der Waals surface area (Å²) < 4.78 is 9.77. The molecule has 47 heavy (non-hydrogen) atoms. The zero-order valence-corrected chi connectivity index (χ0v) is 27.7. The predicted molar refractivity (Wildman–Crippen MR) is 189 cm³/mol. The molecule has 1 aliphatic rings. The largest absolute Gasteiger partial charge is 0.497 e. The molecule has 0 radical (unpaired) electrons. The van der Waals surface area contributed by atoms with E-state index in [0.717, 1.165) is 27.6 Å². The standard InChI is InChI=1S/C37H28Cl2N4O3S/c1-22-33(35(44)41-26-10-4-3-5-11-26)34(24-9-8-12-27(18-24)46-2)43-36(45)32(47-37(43)40-22)19-25-21-42(31-14-7-6-13-28(25)31)20-23-15-16-29(38)30(39)17-23/h3-19,21,34H,20H2,1-2H3,(H,41,44)/b32-19-/t34-/m1/s1. The number of nitrogens with zero attached hydrogens (tertiary/aromatic N) is 3. The molecule has 0 aliphatic carbocycles. The number of thiazole rings is 1. The molecule has 0 saturated carbocycles. The average Bonchev–Trinajstić information content (AvgIpc) is 3.58. The van der Waals surface area contributed by atoms with Crippen LogP contribution in [0.25, 0.3) is 17.0 Å². The van der Waals surface area contributed by atoms with Crippen LogP contribution in [-0.2, 0) is 11.3 Å². The molecular formula is C37H28Cl2N4O3S. The molecule has 0 spiro atoms. The highest BCUT2D eigenvalue weighted by Gasteiger charge is 2.33. The van der Waals surface area contributed by atoms with Gasteiger partial charge >= 0.3 is 0 Å². The molecule has 10 heteroatoms. The lowest BCUT2D eigenvalue weighted by atomic mass is 9.95. The molecule has 0 bridgehead atoms. The average molecular weight is 680 g/mol. The van der Waals surface area contributed by atoms with Crippen LogP contribution in [-0.4, -0.2) is 22.2 Å². The molecule has 1 N–H and O–H groups in total. The van der Waals surface area contributed by atoms with Crippen LogP contribution in [0, 0.1) is 0 Å². The fourth-order valence-corrected chi connectivity index (χ4v) is 7.31. The van der Waals surface area contributed by atoms with Crippen molar-refractivity contribution in [2.75, 3.05) is 12.4 Å². The van der Waals surface area contributed by atoms with Gasteiger partial charge in [0.05, 0.1) is 39.0 Å². The minimum atomic E-state index is -0.719. The van der Waals surface area contributed by atoms with Gasteiger partial charge in [-0.25, -0.2) is 4.99 Å². The maximum atomic E-state index is 14.4. The van der Waals surface area contributed by atoms with E-state index < -0.39 is 6.04 Å². The minimum absolute atomic E-state index is 0.236. The summed E-state index contributed by atoms with van der Waals surface area (Å²) in [5, 5.41) is 5.00. The van der Waals surface area contributed by atoms with Gasteiger partial charge in [0.1, 0.15) is 5.75 Å². The molecule has 1 aliphatic heterocycles.